The molecule has 0 bridgehead atoms. The molecule has 0 spiro atoms. The Hall–Kier alpha value is -2.53. The van der Waals surface area contributed by atoms with Crippen LogP contribution < -0.4 is 10.0 Å². The Morgan fingerprint density at radius 3 is 2.22 bits per heavy atom. The van der Waals surface area contributed by atoms with E-state index < -0.39 is 20.0 Å². The smallest absolute Gasteiger partial charge is 0.243 e. The second-order valence-electron chi connectivity index (χ2n) is 10.1. The Kier molecular flexibility index (Phi) is 8.76. The monoisotopic (exact) mass is 533 g/mol. The third-order valence-corrected chi connectivity index (χ3v) is 9.16. The molecule has 1 fully saturated rings. The minimum atomic E-state index is -3.70. The number of nitrogens with one attached hydrogen (secondary N) is 2. The van der Waals surface area contributed by atoms with E-state index in [1.807, 2.05) is 12.1 Å². The van der Waals surface area contributed by atoms with Crippen LogP contribution in [0.3, 0.4) is 0 Å². The predicted octanol–water partition coefficient (Wildman–Crippen LogP) is 2.92. The maximum absolute atomic E-state index is 13.0. The van der Waals surface area contributed by atoms with Crippen molar-refractivity contribution in [1.82, 2.24) is 14.3 Å². The van der Waals surface area contributed by atoms with Gasteiger partial charge in [-0.05, 0) is 46.6 Å². The molecule has 1 amide bonds. The number of carbonyl (C=O) groups excluding carboxylic acids is 1. The third-order valence-electron chi connectivity index (χ3n) is 6.28. The van der Waals surface area contributed by atoms with Crippen LogP contribution in [0.5, 0.6) is 0 Å². The van der Waals surface area contributed by atoms with Crippen LogP contribution in [-0.4, -0.2) is 46.7 Å². The van der Waals surface area contributed by atoms with Gasteiger partial charge in [-0.3, -0.25) is 4.79 Å². The Bertz CT molecular complexity index is 1280. The first kappa shape index (κ1) is 28.0. The molecule has 1 heterocycles. The van der Waals surface area contributed by atoms with E-state index in [0.717, 1.165) is 11.0 Å². The highest BCUT2D eigenvalue weighted by molar-refractivity contribution is 7.92. The summed E-state index contributed by atoms with van der Waals surface area (Å²) in [6.45, 7) is 10.9. The summed E-state index contributed by atoms with van der Waals surface area (Å²) in [5.41, 5.74) is 3.03. The summed E-state index contributed by atoms with van der Waals surface area (Å²) in [4.78, 5) is 12.6. The highest BCUT2D eigenvalue weighted by atomic mass is 32.2. The molecule has 0 unspecified atom stereocenters. The first-order valence-electron chi connectivity index (χ1n) is 11.9. The second-order valence-corrected chi connectivity index (χ2v) is 13.8. The van der Waals surface area contributed by atoms with Gasteiger partial charge < -0.3 is 5.32 Å². The van der Waals surface area contributed by atoms with Gasteiger partial charge in [0.1, 0.15) is 0 Å². The van der Waals surface area contributed by atoms with Crippen molar-refractivity contribution in [3.05, 3.63) is 77.2 Å². The fourth-order valence-electron chi connectivity index (χ4n) is 3.97. The normalized spacial score (nSPS) is 17.1. The zero-order valence-corrected chi connectivity index (χ0v) is 22.7. The van der Waals surface area contributed by atoms with Gasteiger partial charge in [-0.2, -0.15) is 4.31 Å². The van der Waals surface area contributed by atoms with Gasteiger partial charge in [-0.25, -0.2) is 21.6 Å². The quantitative estimate of drug-likeness (QED) is 0.488. The van der Waals surface area contributed by atoms with E-state index in [1.165, 1.54) is 22.0 Å². The van der Waals surface area contributed by atoms with Gasteiger partial charge in [0.15, 0.2) is 0 Å². The van der Waals surface area contributed by atoms with Crippen LogP contribution in [0.25, 0.3) is 0 Å². The number of carbonyl (C=O) groups is 1. The molecule has 0 aliphatic carbocycles. The highest BCUT2D eigenvalue weighted by Gasteiger charge is 2.32. The maximum Gasteiger partial charge on any atom is 0.243 e. The lowest BCUT2D eigenvalue weighted by Gasteiger charge is -2.19. The van der Waals surface area contributed by atoms with Crippen molar-refractivity contribution in [2.75, 3.05) is 19.6 Å². The average Bonchev–Trinajstić information content (AvgIpc) is 3.32. The van der Waals surface area contributed by atoms with E-state index >= 15 is 0 Å². The fraction of sp³-hybridized carbons (Fsp3) is 0.423. The molecule has 1 atom stereocenters. The lowest BCUT2D eigenvalue weighted by molar-refractivity contribution is -0.120. The molecule has 1 aliphatic rings. The van der Waals surface area contributed by atoms with Crippen molar-refractivity contribution in [3.8, 4) is 0 Å². The van der Waals surface area contributed by atoms with Gasteiger partial charge >= 0.3 is 0 Å². The largest absolute Gasteiger partial charge is 0.352 e. The zero-order chi connectivity index (χ0) is 26.6. The molecule has 196 valence electrons. The van der Waals surface area contributed by atoms with Gasteiger partial charge in [0.25, 0.3) is 0 Å². The van der Waals surface area contributed by atoms with Crippen molar-refractivity contribution >= 4 is 26.0 Å². The molecule has 8 nitrogen and oxygen atoms in total. The zero-order valence-electron chi connectivity index (χ0n) is 21.0. The van der Waals surface area contributed by atoms with Crippen molar-refractivity contribution in [3.63, 3.8) is 0 Å². The van der Waals surface area contributed by atoms with Gasteiger partial charge in [0.05, 0.1) is 11.3 Å². The van der Waals surface area contributed by atoms with E-state index in [9.17, 15) is 21.6 Å². The van der Waals surface area contributed by atoms with E-state index in [-0.39, 0.29) is 41.6 Å². The van der Waals surface area contributed by atoms with Gasteiger partial charge in [0.2, 0.25) is 26.0 Å². The number of sulfonamides is 2. The number of amides is 1. The summed E-state index contributed by atoms with van der Waals surface area (Å²) in [5.74, 6) is -0.253. The third kappa shape index (κ3) is 7.49. The molecule has 2 aromatic carbocycles. The highest BCUT2D eigenvalue weighted by Crippen LogP contribution is 2.25. The first-order valence-corrected chi connectivity index (χ1v) is 14.9. The fourth-order valence-corrected chi connectivity index (χ4v) is 6.09. The Morgan fingerprint density at radius 2 is 1.64 bits per heavy atom. The summed E-state index contributed by atoms with van der Waals surface area (Å²) in [6.07, 6.45) is 0.714. The minimum Gasteiger partial charge on any atom is -0.352 e. The van der Waals surface area contributed by atoms with E-state index in [4.69, 9.17) is 0 Å². The van der Waals surface area contributed by atoms with Gasteiger partial charge in [0, 0.05) is 31.6 Å². The second kappa shape index (κ2) is 11.2. The molecule has 10 heteroatoms. The van der Waals surface area contributed by atoms with Crippen LogP contribution in [0.4, 0.5) is 0 Å². The number of benzene rings is 2. The van der Waals surface area contributed by atoms with Crippen LogP contribution in [0.1, 0.15) is 43.9 Å². The van der Waals surface area contributed by atoms with Crippen LogP contribution in [0.15, 0.2) is 65.4 Å². The summed E-state index contributed by atoms with van der Waals surface area (Å²) in [5, 5.41) is 3.74. The molecule has 3 rings (SSSR count). The van der Waals surface area contributed by atoms with Gasteiger partial charge in [-0.15, -0.1) is 0 Å². The summed E-state index contributed by atoms with van der Waals surface area (Å²) in [6, 6.07) is 14.5. The number of hydrogen-bond acceptors (Lipinski definition) is 5. The molecular weight excluding hydrogens is 498 g/mol. The molecular formula is C26H35N3O5S2. The topological polar surface area (TPSA) is 113 Å². The Morgan fingerprint density at radius 1 is 1.03 bits per heavy atom. The summed E-state index contributed by atoms with van der Waals surface area (Å²) >= 11 is 0. The van der Waals surface area contributed by atoms with Gasteiger partial charge in [-0.1, -0.05) is 63.7 Å². The molecule has 36 heavy (non-hydrogen) atoms. The molecule has 2 aromatic rings. The number of nitrogens with zero attached hydrogens (tertiary/aromatic N) is 1. The SMILES string of the molecule is C=CS(=O)(=O)NC[C@H]1CCN(S(=O)(=O)c2ccc(CC(=O)NCc3ccc(C(C)(C)C)cc3)cc2)C1. The standard InChI is InChI=1S/C26H35N3O5S2/c1-5-35(31,32)28-18-22-14-15-29(19-22)36(33,34)24-12-8-20(9-13-24)16-25(30)27-17-21-6-10-23(11-7-21)26(2,3)4/h5-13,22,28H,1,14-19H2,2-4H3,(H,27,30)/t22-/m1/s1. The van der Waals surface area contributed by atoms with E-state index in [0.29, 0.717) is 25.1 Å². The number of hydrogen-bond donors (Lipinski definition) is 2. The lowest BCUT2D eigenvalue weighted by Crippen LogP contribution is -2.32. The molecule has 1 aliphatic heterocycles. The molecule has 0 saturated carbocycles. The number of rotatable bonds is 10. The van der Waals surface area contributed by atoms with Crippen molar-refractivity contribution in [1.29, 1.82) is 0 Å². The van der Waals surface area contributed by atoms with Crippen LogP contribution in [-0.2, 0) is 43.2 Å². The van der Waals surface area contributed by atoms with Crippen LogP contribution in [0.2, 0.25) is 0 Å². The molecule has 0 aromatic heterocycles. The molecule has 2 N–H and O–H groups in total. The van der Waals surface area contributed by atoms with E-state index in [2.05, 4.69) is 49.5 Å². The first-order chi connectivity index (χ1) is 16.8. The average molecular weight is 534 g/mol. The van der Waals surface area contributed by atoms with Crippen molar-refractivity contribution in [2.24, 2.45) is 5.92 Å². The molecule has 1 saturated heterocycles. The maximum atomic E-state index is 13.0. The van der Waals surface area contributed by atoms with Crippen LogP contribution >= 0.6 is 0 Å². The lowest BCUT2D eigenvalue weighted by atomic mass is 9.87. The Labute approximate surface area is 214 Å². The summed E-state index contributed by atoms with van der Waals surface area (Å²) in [7, 11) is -7.24. The van der Waals surface area contributed by atoms with Crippen molar-refractivity contribution in [2.45, 2.75) is 50.5 Å². The van der Waals surface area contributed by atoms with Crippen molar-refractivity contribution < 1.29 is 21.6 Å². The van der Waals surface area contributed by atoms with E-state index in [1.54, 1.807) is 12.1 Å². The van der Waals surface area contributed by atoms with Crippen LogP contribution in [0, 0.1) is 5.92 Å². The predicted molar refractivity (Wildman–Crippen MR) is 141 cm³/mol. The summed E-state index contributed by atoms with van der Waals surface area (Å²) < 4.78 is 52.9. The Balaban J connectivity index is 1.52. The molecule has 0 radical (unpaired) electrons. The minimum absolute atomic E-state index is 0.0731.